The summed E-state index contributed by atoms with van der Waals surface area (Å²) >= 11 is 0. The van der Waals surface area contributed by atoms with E-state index in [1.165, 1.54) is 7.05 Å². The zero-order valence-corrected chi connectivity index (χ0v) is 8.84. The molecule has 84 valence electrons. The molecule has 3 nitrogen and oxygen atoms in total. The second-order valence-corrected chi connectivity index (χ2v) is 3.52. The summed E-state index contributed by atoms with van der Waals surface area (Å²) < 4.78 is 23.9. The summed E-state index contributed by atoms with van der Waals surface area (Å²) in [5, 5.41) is 0. The fourth-order valence-electron chi connectivity index (χ4n) is 1.05. The molecule has 0 saturated carbocycles. The first-order chi connectivity index (χ1) is 6.40. The van der Waals surface area contributed by atoms with Gasteiger partial charge in [0.15, 0.2) is 0 Å². The molecular weight excluding hydrogens is 190 g/mol. The molecule has 0 bridgehead atoms. The molecule has 0 rings (SSSR count). The van der Waals surface area contributed by atoms with E-state index in [2.05, 4.69) is 0 Å². The van der Waals surface area contributed by atoms with Gasteiger partial charge < -0.3 is 10.6 Å². The molecule has 1 unspecified atom stereocenters. The number of alkyl halides is 2. The average Bonchev–Trinajstić information content (AvgIpc) is 2.13. The van der Waals surface area contributed by atoms with Crippen LogP contribution in [-0.4, -0.2) is 36.9 Å². The molecule has 14 heavy (non-hydrogen) atoms. The number of halogens is 2. The quantitative estimate of drug-likeness (QED) is 0.735. The molecule has 0 heterocycles. The first-order valence-corrected chi connectivity index (χ1v) is 4.68. The number of carbonyl (C=O) groups is 1. The normalized spacial score (nSPS) is 15.4. The Morgan fingerprint density at radius 2 is 2.00 bits per heavy atom. The maximum Gasteiger partial charge on any atom is 0.255 e. The van der Waals surface area contributed by atoms with Gasteiger partial charge in [-0.2, -0.15) is 0 Å². The van der Waals surface area contributed by atoms with Gasteiger partial charge in [0, 0.05) is 7.05 Å². The number of hydrogen-bond donors (Lipinski definition) is 1. The lowest BCUT2D eigenvalue weighted by atomic mass is 9.99. The molecule has 2 N–H and O–H groups in total. The minimum atomic E-state index is -2.51. The van der Waals surface area contributed by atoms with Gasteiger partial charge in [-0.15, -0.1) is 0 Å². The Labute approximate surface area is 83.3 Å². The van der Waals surface area contributed by atoms with E-state index in [9.17, 15) is 13.6 Å². The van der Waals surface area contributed by atoms with Crippen molar-refractivity contribution in [3.63, 3.8) is 0 Å². The molecule has 0 aromatic carbocycles. The molecule has 5 heteroatoms. The summed E-state index contributed by atoms with van der Waals surface area (Å²) in [6.07, 6.45) is -1.75. The molecular formula is C9H18F2N2O. The number of rotatable bonds is 5. The lowest BCUT2D eigenvalue weighted by Gasteiger charge is -2.24. The van der Waals surface area contributed by atoms with Crippen molar-refractivity contribution in [2.75, 3.05) is 13.6 Å². The number of amides is 1. The Bertz CT molecular complexity index is 188. The summed E-state index contributed by atoms with van der Waals surface area (Å²) in [4.78, 5) is 12.4. The van der Waals surface area contributed by atoms with E-state index in [0.29, 0.717) is 0 Å². The summed E-state index contributed by atoms with van der Waals surface area (Å²) in [5.41, 5.74) is 5.61. The van der Waals surface area contributed by atoms with Crippen molar-refractivity contribution in [2.24, 2.45) is 11.7 Å². The van der Waals surface area contributed by atoms with Gasteiger partial charge in [-0.3, -0.25) is 4.79 Å². The lowest BCUT2D eigenvalue weighted by molar-refractivity contribution is -0.134. The second-order valence-electron chi connectivity index (χ2n) is 3.52. The summed E-state index contributed by atoms with van der Waals surface area (Å²) in [7, 11) is 1.34. The minimum Gasteiger partial charge on any atom is -0.339 e. The third kappa shape index (κ3) is 4.00. The van der Waals surface area contributed by atoms with Crippen LogP contribution in [0.5, 0.6) is 0 Å². The predicted octanol–water partition coefficient (Wildman–Crippen LogP) is 1.08. The van der Waals surface area contributed by atoms with Gasteiger partial charge in [0.2, 0.25) is 5.91 Å². The Morgan fingerprint density at radius 3 is 2.36 bits per heavy atom. The van der Waals surface area contributed by atoms with Crippen LogP contribution in [-0.2, 0) is 4.79 Å². The van der Waals surface area contributed by atoms with Crippen LogP contribution >= 0.6 is 0 Å². The number of carbonyl (C=O) groups excluding carboxylic acids is 1. The predicted molar refractivity (Wildman–Crippen MR) is 51.1 cm³/mol. The first kappa shape index (κ1) is 13.3. The van der Waals surface area contributed by atoms with E-state index in [1.807, 2.05) is 13.8 Å². The minimum absolute atomic E-state index is 0.0163. The van der Waals surface area contributed by atoms with Gasteiger partial charge >= 0.3 is 0 Å². The van der Waals surface area contributed by atoms with Crippen molar-refractivity contribution >= 4 is 5.91 Å². The van der Waals surface area contributed by atoms with Crippen LogP contribution in [0.2, 0.25) is 0 Å². The largest absolute Gasteiger partial charge is 0.339 e. The maximum absolute atomic E-state index is 12.0. The zero-order chi connectivity index (χ0) is 11.3. The molecule has 2 atom stereocenters. The molecule has 0 aliphatic rings. The van der Waals surface area contributed by atoms with Gasteiger partial charge in [-0.1, -0.05) is 20.3 Å². The van der Waals surface area contributed by atoms with E-state index >= 15 is 0 Å². The van der Waals surface area contributed by atoms with Crippen molar-refractivity contribution in [2.45, 2.75) is 32.7 Å². The Morgan fingerprint density at radius 1 is 1.50 bits per heavy atom. The Kier molecular flexibility index (Phi) is 5.60. The van der Waals surface area contributed by atoms with Crippen LogP contribution in [0, 0.1) is 5.92 Å². The second kappa shape index (κ2) is 5.90. The summed E-state index contributed by atoms with van der Waals surface area (Å²) in [5.74, 6) is -0.401. The topological polar surface area (TPSA) is 46.3 Å². The lowest BCUT2D eigenvalue weighted by Crippen LogP contribution is -2.46. The average molecular weight is 208 g/mol. The molecule has 0 aliphatic carbocycles. The summed E-state index contributed by atoms with van der Waals surface area (Å²) in [6, 6.07) is -0.677. The van der Waals surface area contributed by atoms with Crippen LogP contribution in [0.1, 0.15) is 20.3 Å². The van der Waals surface area contributed by atoms with Gasteiger partial charge in [0.05, 0.1) is 12.6 Å². The monoisotopic (exact) mass is 208 g/mol. The van der Waals surface area contributed by atoms with Crippen LogP contribution in [0.25, 0.3) is 0 Å². The van der Waals surface area contributed by atoms with Crippen molar-refractivity contribution in [3.05, 3.63) is 0 Å². The Balaban J connectivity index is 4.17. The van der Waals surface area contributed by atoms with Gasteiger partial charge in [0.25, 0.3) is 6.43 Å². The SMILES string of the molecule is CCC(C)[C@H](N)C(=O)N(C)CC(F)F. The van der Waals surface area contributed by atoms with E-state index in [-0.39, 0.29) is 5.92 Å². The highest BCUT2D eigenvalue weighted by Crippen LogP contribution is 2.08. The number of nitrogens with two attached hydrogens (primary N) is 1. The molecule has 0 aromatic heterocycles. The van der Waals surface area contributed by atoms with Crippen LogP contribution in [0.4, 0.5) is 8.78 Å². The van der Waals surface area contributed by atoms with E-state index in [0.717, 1.165) is 11.3 Å². The van der Waals surface area contributed by atoms with Gasteiger partial charge in [-0.25, -0.2) is 8.78 Å². The fraction of sp³-hybridized carbons (Fsp3) is 0.889. The molecule has 0 spiro atoms. The highest BCUT2D eigenvalue weighted by atomic mass is 19.3. The first-order valence-electron chi connectivity index (χ1n) is 4.68. The molecule has 0 aliphatic heterocycles. The van der Waals surface area contributed by atoms with E-state index in [4.69, 9.17) is 5.73 Å². The zero-order valence-electron chi connectivity index (χ0n) is 8.84. The van der Waals surface area contributed by atoms with Gasteiger partial charge in [0.1, 0.15) is 0 Å². The molecule has 1 amide bonds. The number of nitrogens with zero attached hydrogens (tertiary/aromatic N) is 1. The molecule has 0 fully saturated rings. The maximum atomic E-state index is 12.0. The van der Waals surface area contributed by atoms with Gasteiger partial charge in [-0.05, 0) is 5.92 Å². The van der Waals surface area contributed by atoms with E-state index < -0.39 is 24.9 Å². The smallest absolute Gasteiger partial charge is 0.255 e. The molecule has 0 saturated heterocycles. The van der Waals surface area contributed by atoms with Crippen LogP contribution in [0.15, 0.2) is 0 Å². The highest BCUT2D eigenvalue weighted by Gasteiger charge is 2.24. The van der Waals surface area contributed by atoms with Crippen molar-refractivity contribution in [1.82, 2.24) is 4.90 Å². The van der Waals surface area contributed by atoms with Crippen molar-refractivity contribution in [3.8, 4) is 0 Å². The highest BCUT2D eigenvalue weighted by molar-refractivity contribution is 5.81. The third-order valence-corrected chi connectivity index (χ3v) is 2.33. The van der Waals surface area contributed by atoms with Crippen molar-refractivity contribution in [1.29, 1.82) is 0 Å². The van der Waals surface area contributed by atoms with Crippen LogP contribution in [0.3, 0.4) is 0 Å². The molecule has 0 aromatic rings. The fourth-order valence-corrected chi connectivity index (χ4v) is 1.05. The third-order valence-electron chi connectivity index (χ3n) is 2.33. The van der Waals surface area contributed by atoms with E-state index in [1.54, 1.807) is 0 Å². The van der Waals surface area contributed by atoms with Crippen molar-refractivity contribution < 1.29 is 13.6 Å². The number of likely N-dealkylation sites (N-methyl/N-ethyl adjacent to an activating group) is 1. The summed E-state index contributed by atoms with van der Waals surface area (Å²) in [6.45, 7) is 3.19. The molecule has 0 radical (unpaired) electrons. The standard InChI is InChI=1S/C9H18F2N2O/c1-4-6(2)8(12)9(14)13(3)5-7(10)11/h6-8H,4-5,12H2,1-3H3/t6?,8-/m0/s1. The van der Waals surface area contributed by atoms with Crippen LogP contribution < -0.4 is 5.73 Å². The Hall–Kier alpha value is -0.710. The number of hydrogen-bond acceptors (Lipinski definition) is 2.